The number of rotatable bonds is 7. The molecule has 0 aliphatic carbocycles. The van der Waals surface area contributed by atoms with Gasteiger partial charge in [-0.1, -0.05) is 18.2 Å². The quantitative estimate of drug-likeness (QED) is 0.793. The number of nitrogens with one attached hydrogen (secondary N) is 1. The number of aryl methyl sites for hydroxylation is 1. The molecule has 0 unspecified atom stereocenters. The van der Waals surface area contributed by atoms with Gasteiger partial charge >= 0.3 is 0 Å². The van der Waals surface area contributed by atoms with Gasteiger partial charge in [0.05, 0.1) is 20.3 Å². The van der Waals surface area contributed by atoms with Crippen LogP contribution in [0.2, 0.25) is 0 Å². The third kappa shape index (κ3) is 4.36. The van der Waals surface area contributed by atoms with E-state index in [2.05, 4.69) is 5.32 Å². The first-order valence-corrected chi connectivity index (χ1v) is 9.02. The standard InChI is InChI=1S/C21H24N2O5/c1-14-6-4-5-7-17(14)28-13-20(24)22-15-10-21(25)23(12-15)16-8-9-18(26-2)19(11-16)27-3/h4-9,11,15H,10,12-13H2,1-3H3,(H,22,24)/t15-/m0/s1. The van der Waals surface area contributed by atoms with E-state index in [1.807, 2.05) is 31.2 Å². The molecule has 1 atom stereocenters. The molecular formula is C21H24N2O5. The van der Waals surface area contributed by atoms with Crippen LogP contribution < -0.4 is 24.4 Å². The molecule has 7 nitrogen and oxygen atoms in total. The van der Waals surface area contributed by atoms with E-state index in [4.69, 9.17) is 14.2 Å². The fraction of sp³-hybridized carbons (Fsp3) is 0.333. The maximum atomic E-state index is 12.4. The summed E-state index contributed by atoms with van der Waals surface area (Å²) in [6.45, 7) is 2.22. The smallest absolute Gasteiger partial charge is 0.258 e. The summed E-state index contributed by atoms with van der Waals surface area (Å²) in [7, 11) is 3.11. The van der Waals surface area contributed by atoms with Gasteiger partial charge < -0.3 is 24.4 Å². The minimum Gasteiger partial charge on any atom is -0.493 e. The Kier molecular flexibility index (Phi) is 6.03. The Bertz CT molecular complexity index is 868. The van der Waals surface area contributed by atoms with E-state index in [9.17, 15) is 9.59 Å². The summed E-state index contributed by atoms with van der Waals surface area (Å²) in [5.41, 5.74) is 1.67. The lowest BCUT2D eigenvalue weighted by atomic mass is 10.2. The molecule has 1 heterocycles. The highest BCUT2D eigenvalue weighted by molar-refractivity contribution is 5.97. The lowest BCUT2D eigenvalue weighted by Crippen LogP contribution is -2.39. The first-order chi connectivity index (χ1) is 13.5. The van der Waals surface area contributed by atoms with Gasteiger partial charge in [0.1, 0.15) is 5.75 Å². The average molecular weight is 384 g/mol. The summed E-state index contributed by atoms with van der Waals surface area (Å²) < 4.78 is 16.1. The van der Waals surface area contributed by atoms with Crippen molar-refractivity contribution in [1.29, 1.82) is 0 Å². The second kappa shape index (κ2) is 8.65. The van der Waals surface area contributed by atoms with Crippen molar-refractivity contribution in [3.63, 3.8) is 0 Å². The number of anilines is 1. The molecule has 2 aromatic carbocycles. The third-order valence-corrected chi connectivity index (χ3v) is 4.62. The Balaban J connectivity index is 1.58. The molecule has 0 bridgehead atoms. The number of ether oxygens (including phenoxy) is 3. The predicted octanol–water partition coefficient (Wildman–Crippen LogP) is 2.31. The third-order valence-electron chi connectivity index (χ3n) is 4.62. The van der Waals surface area contributed by atoms with Crippen molar-refractivity contribution in [1.82, 2.24) is 5.32 Å². The first kappa shape index (κ1) is 19.5. The molecule has 7 heteroatoms. The first-order valence-electron chi connectivity index (χ1n) is 9.02. The Labute approximate surface area is 164 Å². The summed E-state index contributed by atoms with van der Waals surface area (Å²) in [4.78, 5) is 26.3. The Hall–Kier alpha value is -3.22. The van der Waals surface area contributed by atoms with Crippen molar-refractivity contribution in [2.75, 3.05) is 32.3 Å². The lowest BCUT2D eigenvalue weighted by molar-refractivity contribution is -0.123. The molecule has 2 aromatic rings. The van der Waals surface area contributed by atoms with Crippen LogP contribution in [0.3, 0.4) is 0 Å². The van der Waals surface area contributed by atoms with Gasteiger partial charge in [0.2, 0.25) is 5.91 Å². The summed E-state index contributed by atoms with van der Waals surface area (Å²) in [6, 6.07) is 12.5. The van der Waals surface area contributed by atoms with E-state index < -0.39 is 0 Å². The largest absolute Gasteiger partial charge is 0.493 e. The number of hydrogen-bond acceptors (Lipinski definition) is 5. The van der Waals surface area contributed by atoms with Crippen molar-refractivity contribution in [3.8, 4) is 17.2 Å². The van der Waals surface area contributed by atoms with E-state index in [0.717, 1.165) is 5.56 Å². The topological polar surface area (TPSA) is 77.1 Å². The zero-order valence-corrected chi connectivity index (χ0v) is 16.2. The van der Waals surface area contributed by atoms with Crippen LogP contribution >= 0.6 is 0 Å². The van der Waals surface area contributed by atoms with Crippen LogP contribution in [0.1, 0.15) is 12.0 Å². The van der Waals surface area contributed by atoms with Gasteiger partial charge in [-0.3, -0.25) is 9.59 Å². The number of para-hydroxylation sites is 1. The van der Waals surface area contributed by atoms with Crippen molar-refractivity contribution in [2.45, 2.75) is 19.4 Å². The monoisotopic (exact) mass is 384 g/mol. The van der Waals surface area contributed by atoms with Crippen LogP contribution in [0.25, 0.3) is 0 Å². The van der Waals surface area contributed by atoms with E-state index in [1.165, 1.54) is 0 Å². The van der Waals surface area contributed by atoms with Gasteiger partial charge in [0, 0.05) is 24.7 Å². The Morgan fingerprint density at radius 3 is 2.57 bits per heavy atom. The fourth-order valence-corrected chi connectivity index (χ4v) is 3.18. The Morgan fingerprint density at radius 1 is 1.11 bits per heavy atom. The minimum atomic E-state index is -0.270. The zero-order valence-electron chi connectivity index (χ0n) is 16.2. The van der Waals surface area contributed by atoms with Gasteiger partial charge in [-0.05, 0) is 30.7 Å². The van der Waals surface area contributed by atoms with E-state index in [0.29, 0.717) is 29.5 Å². The van der Waals surface area contributed by atoms with Crippen molar-refractivity contribution < 1.29 is 23.8 Å². The van der Waals surface area contributed by atoms with Gasteiger partial charge in [-0.15, -0.1) is 0 Å². The number of amides is 2. The molecule has 1 aliphatic rings. The number of nitrogens with zero attached hydrogens (tertiary/aromatic N) is 1. The number of hydrogen-bond donors (Lipinski definition) is 1. The molecule has 1 aliphatic heterocycles. The molecule has 0 spiro atoms. The van der Waals surface area contributed by atoms with E-state index >= 15 is 0 Å². The molecule has 148 valence electrons. The van der Waals surface area contributed by atoms with Crippen LogP contribution in [0, 0.1) is 6.92 Å². The second-order valence-corrected chi connectivity index (χ2v) is 6.57. The molecule has 2 amide bonds. The van der Waals surface area contributed by atoms with Crippen LogP contribution in [0.4, 0.5) is 5.69 Å². The van der Waals surface area contributed by atoms with Gasteiger partial charge in [0.15, 0.2) is 18.1 Å². The maximum absolute atomic E-state index is 12.4. The highest BCUT2D eigenvalue weighted by atomic mass is 16.5. The average Bonchev–Trinajstić information content (AvgIpc) is 3.06. The number of carbonyl (C=O) groups is 2. The minimum absolute atomic E-state index is 0.0580. The van der Waals surface area contributed by atoms with Gasteiger partial charge in [0.25, 0.3) is 5.91 Å². The predicted molar refractivity (Wildman–Crippen MR) is 105 cm³/mol. The van der Waals surface area contributed by atoms with Crippen molar-refractivity contribution >= 4 is 17.5 Å². The molecule has 1 saturated heterocycles. The summed E-state index contributed by atoms with van der Waals surface area (Å²) in [5, 5.41) is 2.87. The molecular weight excluding hydrogens is 360 g/mol. The summed E-state index contributed by atoms with van der Waals surface area (Å²) >= 11 is 0. The van der Waals surface area contributed by atoms with Crippen LogP contribution in [0.5, 0.6) is 17.2 Å². The fourth-order valence-electron chi connectivity index (χ4n) is 3.18. The summed E-state index contributed by atoms with van der Waals surface area (Å²) in [5.74, 6) is 1.50. The SMILES string of the molecule is COc1ccc(N2C[C@@H](NC(=O)COc3ccccc3C)CC2=O)cc1OC. The maximum Gasteiger partial charge on any atom is 0.258 e. The number of carbonyl (C=O) groups excluding carboxylic acids is 2. The highest BCUT2D eigenvalue weighted by Gasteiger charge is 2.32. The molecule has 0 radical (unpaired) electrons. The van der Waals surface area contributed by atoms with E-state index in [1.54, 1.807) is 37.3 Å². The molecule has 1 N–H and O–H groups in total. The lowest BCUT2D eigenvalue weighted by Gasteiger charge is -2.19. The normalized spacial score (nSPS) is 16.0. The van der Waals surface area contributed by atoms with Crippen LogP contribution in [0.15, 0.2) is 42.5 Å². The number of benzene rings is 2. The van der Waals surface area contributed by atoms with Gasteiger partial charge in [-0.25, -0.2) is 0 Å². The molecule has 0 saturated carbocycles. The van der Waals surface area contributed by atoms with Crippen LogP contribution in [-0.2, 0) is 9.59 Å². The van der Waals surface area contributed by atoms with Crippen molar-refractivity contribution in [3.05, 3.63) is 48.0 Å². The Morgan fingerprint density at radius 2 is 1.86 bits per heavy atom. The molecule has 3 rings (SSSR count). The van der Waals surface area contributed by atoms with Gasteiger partial charge in [-0.2, -0.15) is 0 Å². The zero-order chi connectivity index (χ0) is 20.1. The summed E-state index contributed by atoms with van der Waals surface area (Å²) in [6.07, 6.45) is 0.241. The second-order valence-electron chi connectivity index (χ2n) is 6.57. The molecule has 0 aromatic heterocycles. The van der Waals surface area contributed by atoms with Crippen LogP contribution in [-0.4, -0.2) is 45.2 Å². The molecule has 1 fully saturated rings. The highest BCUT2D eigenvalue weighted by Crippen LogP contribution is 2.33. The van der Waals surface area contributed by atoms with E-state index in [-0.39, 0.29) is 30.9 Å². The number of methoxy groups -OCH3 is 2. The van der Waals surface area contributed by atoms with Crippen molar-refractivity contribution in [2.24, 2.45) is 0 Å². The molecule has 28 heavy (non-hydrogen) atoms.